The number of rotatable bonds is 6. The molecular formula is C17H23NO3. The van der Waals surface area contributed by atoms with Gasteiger partial charge in [0.1, 0.15) is 5.75 Å². The standard InChI is InChI=1S/C17H23NO3/c1-3-13(4-2)18-17(20)11-21-14-8-9-15-12(10-14)6-5-7-16(15)19/h8-10,13H,3-7,11H2,1-2H3,(H,18,20). The summed E-state index contributed by atoms with van der Waals surface area (Å²) < 4.78 is 5.54. The molecule has 0 saturated heterocycles. The molecule has 4 nitrogen and oxygen atoms in total. The first-order valence-corrected chi connectivity index (χ1v) is 7.72. The highest BCUT2D eigenvalue weighted by Crippen LogP contribution is 2.25. The van der Waals surface area contributed by atoms with E-state index in [-0.39, 0.29) is 24.3 Å². The lowest BCUT2D eigenvalue weighted by Crippen LogP contribution is -2.37. The molecule has 0 aromatic heterocycles. The average Bonchev–Trinajstić information content (AvgIpc) is 2.50. The van der Waals surface area contributed by atoms with Gasteiger partial charge in [0, 0.05) is 18.0 Å². The molecule has 0 radical (unpaired) electrons. The van der Waals surface area contributed by atoms with Crippen LogP contribution < -0.4 is 10.1 Å². The van der Waals surface area contributed by atoms with Gasteiger partial charge >= 0.3 is 0 Å². The lowest BCUT2D eigenvalue weighted by atomic mass is 9.91. The van der Waals surface area contributed by atoms with E-state index in [1.807, 2.05) is 12.1 Å². The zero-order chi connectivity index (χ0) is 15.2. The van der Waals surface area contributed by atoms with E-state index < -0.39 is 0 Å². The number of benzene rings is 1. The van der Waals surface area contributed by atoms with Gasteiger partial charge in [-0.05, 0) is 49.4 Å². The Kier molecular flexibility index (Phi) is 5.37. The summed E-state index contributed by atoms with van der Waals surface area (Å²) in [6, 6.07) is 5.68. The molecular weight excluding hydrogens is 266 g/mol. The molecule has 1 aromatic carbocycles. The smallest absolute Gasteiger partial charge is 0.258 e. The van der Waals surface area contributed by atoms with E-state index in [4.69, 9.17) is 4.74 Å². The van der Waals surface area contributed by atoms with Crippen molar-refractivity contribution >= 4 is 11.7 Å². The monoisotopic (exact) mass is 289 g/mol. The Morgan fingerprint density at radius 3 is 2.76 bits per heavy atom. The highest BCUT2D eigenvalue weighted by atomic mass is 16.5. The number of hydrogen-bond acceptors (Lipinski definition) is 3. The third-order valence-electron chi connectivity index (χ3n) is 3.95. The van der Waals surface area contributed by atoms with Gasteiger partial charge in [-0.15, -0.1) is 0 Å². The minimum atomic E-state index is -0.0995. The van der Waals surface area contributed by atoms with Gasteiger partial charge in [0.05, 0.1) is 0 Å². The molecule has 0 unspecified atom stereocenters. The Bertz CT molecular complexity index is 521. The van der Waals surface area contributed by atoms with E-state index in [1.165, 1.54) is 0 Å². The predicted molar refractivity (Wildman–Crippen MR) is 81.7 cm³/mol. The van der Waals surface area contributed by atoms with Crippen LogP contribution in [0.15, 0.2) is 18.2 Å². The molecule has 0 heterocycles. The molecule has 1 amide bonds. The van der Waals surface area contributed by atoms with Crippen LogP contribution in [0, 0.1) is 0 Å². The van der Waals surface area contributed by atoms with Crippen molar-refractivity contribution in [3.8, 4) is 5.75 Å². The predicted octanol–water partition coefficient (Wildman–Crippen LogP) is 2.89. The number of ether oxygens (including phenoxy) is 1. The van der Waals surface area contributed by atoms with Gasteiger partial charge < -0.3 is 10.1 Å². The number of aryl methyl sites for hydroxylation is 1. The zero-order valence-electron chi connectivity index (χ0n) is 12.8. The summed E-state index contributed by atoms with van der Waals surface area (Å²) >= 11 is 0. The Balaban J connectivity index is 1.92. The van der Waals surface area contributed by atoms with E-state index >= 15 is 0 Å². The lowest BCUT2D eigenvalue weighted by Gasteiger charge is -2.17. The number of Topliss-reactive ketones (excluding diaryl/α,β-unsaturated/α-hetero) is 1. The molecule has 4 heteroatoms. The number of carbonyl (C=O) groups excluding carboxylic acids is 2. The number of amides is 1. The minimum Gasteiger partial charge on any atom is -0.484 e. The summed E-state index contributed by atoms with van der Waals surface area (Å²) in [5, 5.41) is 2.94. The lowest BCUT2D eigenvalue weighted by molar-refractivity contribution is -0.123. The normalized spacial score (nSPS) is 14.0. The first-order valence-electron chi connectivity index (χ1n) is 7.72. The number of ketones is 1. The molecule has 1 aromatic rings. The maximum atomic E-state index is 11.8. The summed E-state index contributed by atoms with van der Waals surface area (Å²) in [7, 11) is 0. The molecule has 0 aliphatic heterocycles. The fourth-order valence-corrected chi connectivity index (χ4v) is 2.62. The van der Waals surface area contributed by atoms with Crippen LogP contribution in [-0.4, -0.2) is 24.3 Å². The van der Waals surface area contributed by atoms with E-state index in [9.17, 15) is 9.59 Å². The van der Waals surface area contributed by atoms with Crippen LogP contribution in [0.4, 0.5) is 0 Å². The van der Waals surface area contributed by atoms with Gasteiger partial charge in [0.15, 0.2) is 12.4 Å². The average molecular weight is 289 g/mol. The van der Waals surface area contributed by atoms with E-state index in [1.54, 1.807) is 6.07 Å². The fourth-order valence-electron chi connectivity index (χ4n) is 2.62. The quantitative estimate of drug-likeness (QED) is 0.876. The summed E-state index contributed by atoms with van der Waals surface area (Å²) in [5.41, 5.74) is 1.83. The third-order valence-corrected chi connectivity index (χ3v) is 3.95. The fraction of sp³-hybridized carbons (Fsp3) is 0.529. The third kappa shape index (κ3) is 4.06. The highest BCUT2D eigenvalue weighted by Gasteiger charge is 2.17. The van der Waals surface area contributed by atoms with Gasteiger partial charge in [-0.2, -0.15) is 0 Å². The Labute approximate surface area is 125 Å². The second-order valence-electron chi connectivity index (χ2n) is 5.47. The van der Waals surface area contributed by atoms with Crippen molar-refractivity contribution in [2.45, 2.75) is 52.0 Å². The van der Waals surface area contributed by atoms with Crippen LogP contribution in [0.5, 0.6) is 5.75 Å². The molecule has 1 aliphatic carbocycles. The molecule has 21 heavy (non-hydrogen) atoms. The van der Waals surface area contributed by atoms with Crippen LogP contribution in [0.1, 0.15) is 55.5 Å². The van der Waals surface area contributed by atoms with Crippen LogP contribution in [0.3, 0.4) is 0 Å². The van der Waals surface area contributed by atoms with E-state index in [2.05, 4.69) is 19.2 Å². The molecule has 2 rings (SSSR count). The molecule has 1 N–H and O–H groups in total. The molecule has 0 saturated carbocycles. The number of fused-ring (bicyclic) bond motifs is 1. The van der Waals surface area contributed by atoms with E-state index in [0.29, 0.717) is 12.2 Å². The SMILES string of the molecule is CCC(CC)NC(=O)COc1ccc2c(c1)CCCC2=O. The van der Waals surface area contributed by atoms with Gasteiger partial charge in [-0.3, -0.25) is 9.59 Å². The Morgan fingerprint density at radius 1 is 1.29 bits per heavy atom. The second-order valence-corrected chi connectivity index (χ2v) is 5.47. The first-order chi connectivity index (χ1) is 10.1. The van der Waals surface area contributed by atoms with Crippen molar-refractivity contribution in [3.05, 3.63) is 29.3 Å². The molecule has 0 spiro atoms. The van der Waals surface area contributed by atoms with E-state index in [0.717, 1.165) is 36.8 Å². The number of hydrogen-bond donors (Lipinski definition) is 1. The van der Waals surface area contributed by atoms with Crippen molar-refractivity contribution in [1.82, 2.24) is 5.32 Å². The van der Waals surface area contributed by atoms with Crippen molar-refractivity contribution in [1.29, 1.82) is 0 Å². The van der Waals surface area contributed by atoms with Gasteiger partial charge in [0.25, 0.3) is 5.91 Å². The molecule has 114 valence electrons. The summed E-state index contributed by atoms with van der Waals surface area (Å²) in [6.45, 7) is 4.12. The van der Waals surface area contributed by atoms with Gasteiger partial charge in [0.2, 0.25) is 0 Å². The summed E-state index contributed by atoms with van der Waals surface area (Å²) in [4.78, 5) is 23.5. The second kappa shape index (κ2) is 7.25. The topological polar surface area (TPSA) is 55.4 Å². The maximum absolute atomic E-state index is 11.8. The Morgan fingerprint density at radius 2 is 2.05 bits per heavy atom. The number of nitrogens with one attached hydrogen (secondary N) is 1. The minimum absolute atomic E-state index is 0.0171. The van der Waals surface area contributed by atoms with Crippen molar-refractivity contribution in [3.63, 3.8) is 0 Å². The summed E-state index contributed by atoms with van der Waals surface area (Å²) in [5.74, 6) is 0.759. The molecule has 0 fully saturated rings. The summed E-state index contributed by atoms with van der Waals surface area (Å²) in [6.07, 6.45) is 4.26. The van der Waals surface area contributed by atoms with Gasteiger partial charge in [-0.1, -0.05) is 13.8 Å². The van der Waals surface area contributed by atoms with Crippen molar-refractivity contribution in [2.24, 2.45) is 0 Å². The molecule has 0 bridgehead atoms. The molecule has 1 aliphatic rings. The van der Waals surface area contributed by atoms with Crippen LogP contribution in [0.2, 0.25) is 0 Å². The maximum Gasteiger partial charge on any atom is 0.258 e. The highest BCUT2D eigenvalue weighted by molar-refractivity contribution is 5.98. The largest absolute Gasteiger partial charge is 0.484 e. The van der Waals surface area contributed by atoms with Crippen molar-refractivity contribution < 1.29 is 14.3 Å². The van der Waals surface area contributed by atoms with Crippen LogP contribution >= 0.6 is 0 Å². The van der Waals surface area contributed by atoms with Crippen molar-refractivity contribution in [2.75, 3.05) is 6.61 Å². The Hall–Kier alpha value is -1.84. The first kappa shape index (κ1) is 15.5. The molecule has 0 atom stereocenters. The van der Waals surface area contributed by atoms with Gasteiger partial charge in [-0.25, -0.2) is 0 Å². The van der Waals surface area contributed by atoms with Crippen LogP contribution in [-0.2, 0) is 11.2 Å². The van der Waals surface area contributed by atoms with Crippen LogP contribution in [0.25, 0.3) is 0 Å². The zero-order valence-corrected chi connectivity index (χ0v) is 12.8. The number of carbonyl (C=O) groups is 2.